The molecule has 108 valence electrons. The second-order valence-corrected chi connectivity index (χ2v) is 5.75. The molecule has 0 aliphatic heterocycles. The van der Waals surface area contributed by atoms with Gasteiger partial charge in [0, 0.05) is 29.2 Å². The lowest BCUT2D eigenvalue weighted by Crippen LogP contribution is -2.08. The standard InChI is InChI=1S/C14H17ClN2O2S/c1-9(2)19-13-7-11(15)10(6-12(13)18-3)8-17-14-16-4-5-20-14/h4-7,9H,8H2,1-3H3,(H,16,17). The zero-order valence-corrected chi connectivity index (χ0v) is 13.2. The Bertz CT molecular complexity index is 559. The molecule has 0 unspecified atom stereocenters. The van der Waals surface area contributed by atoms with E-state index in [0.29, 0.717) is 23.1 Å². The van der Waals surface area contributed by atoms with Gasteiger partial charge in [0.1, 0.15) is 0 Å². The quantitative estimate of drug-likeness (QED) is 0.868. The monoisotopic (exact) mass is 312 g/mol. The van der Waals surface area contributed by atoms with Crippen LogP contribution in [0.3, 0.4) is 0 Å². The molecule has 0 saturated heterocycles. The highest BCUT2D eigenvalue weighted by Crippen LogP contribution is 2.34. The zero-order valence-electron chi connectivity index (χ0n) is 11.6. The molecule has 1 aromatic carbocycles. The van der Waals surface area contributed by atoms with E-state index < -0.39 is 0 Å². The molecule has 0 radical (unpaired) electrons. The van der Waals surface area contributed by atoms with Gasteiger partial charge in [0.15, 0.2) is 16.6 Å². The Labute approximate surface area is 127 Å². The van der Waals surface area contributed by atoms with Crippen molar-refractivity contribution in [1.29, 1.82) is 0 Å². The molecule has 2 rings (SSSR count). The lowest BCUT2D eigenvalue weighted by molar-refractivity contribution is 0.230. The fourth-order valence-electron chi connectivity index (χ4n) is 1.70. The number of halogens is 1. The van der Waals surface area contributed by atoms with Crippen LogP contribution in [-0.4, -0.2) is 18.2 Å². The van der Waals surface area contributed by atoms with Gasteiger partial charge in [-0.05, 0) is 25.5 Å². The molecule has 0 spiro atoms. The molecular weight excluding hydrogens is 296 g/mol. The molecular formula is C14H17ClN2O2S. The molecule has 0 bridgehead atoms. The number of hydrogen-bond donors (Lipinski definition) is 1. The van der Waals surface area contributed by atoms with E-state index in [2.05, 4.69) is 10.3 Å². The number of benzene rings is 1. The molecule has 0 aliphatic rings. The van der Waals surface area contributed by atoms with E-state index in [4.69, 9.17) is 21.1 Å². The number of aromatic nitrogens is 1. The van der Waals surface area contributed by atoms with Gasteiger partial charge < -0.3 is 14.8 Å². The number of anilines is 1. The summed E-state index contributed by atoms with van der Waals surface area (Å²) in [5.74, 6) is 1.34. The van der Waals surface area contributed by atoms with E-state index in [1.54, 1.807) is 30.7 Å². The van der Waals surface area contributed by atoms with Crippen molar-refractivity contribution in [3.8, 4) is 11.5 Å². The molecule has 0 fully saturated rings. The Morgan fingerprint density at radius 3 is 2.75 bits per heavy atom. The molecule has 0 saturated carbocycles. The summed E-state index contributed by atoms with van der Waals surface area (Å²) in [7, 11) is 1.62. The van der Waals surface area contributed by atoms with Gasteiger partial charge in [-0.25, -0.2) is 4.98 Å². The number of methoxy groups -OCH3 is 1. The Kier molecular flexibility index (Phi) is 5.09. The maximum Gasteiger partial charge on any atom is 0.182 e. The lowest BCUT2D eigenvalue weighted by atomic mass is 10.2. The van der Waals surface area contributed by atoms with Crippen LogP contribution in [0.2, 0.25) is 5.02 Å². The topological polar surface area (TPSA) is 43.4 Å². The van der Waals surface area contributed by atoms with Gasteiger partial charge in [0.05, 0.1) is 13.2 Å². The van der Waals surface area contributed by atoms with E-state index in [0.717, 1.165) is 10.7 Å². The SMILES string of the molecule is COc1cc(CNc2nccs2)c(Cl)cc1OC(C)C. The van der Waals surface area contributed by atoms with Crippen molar-refractivity contribution in [2.24, 2.45) is 0 Å². The van der Waals surface area contributed by atoms with Crippen molar-refractivity contribution in [2.45, 2.75) is 26.5 Å². The Morgan fingerprint density at radius 2 is 2.15 bits per heavy atom. The Morgan fingerprint density at radius 1 is 1.35 bits per heavy atom. The van der Waals surface area contributed by atoms with Crippen LogP contribution in [0.15, 0.2) is 23.7 Å². The van der Waals surface area contributed by atoms with E-state index in [9.17, 15) is 0 Å². The number of nitrogens with zero attached hydrogens (tertiary/aromatic N) is 1. The normalized spacial score (nSPS) is 10.7. The number of nitrogens with one attached hydrogen (secondary N) is 1. The van der Waals surface area contributed by atoms with Gasteiger partial charge in [0.25, 0.3) is 0 Å². The Hall–Kier alpha value is -1.46. The summed E-state index contributed by atoms with van der Waals surface area (Å²) < 4.78 is 11.0. The molecule has 2 aromatic rings. The molecule has 0 amide bonds. The van der Waals surface area contributed by atoms with Crippen LogP contribution in [0.5, 0.6) is 11.5 Å². The van der Waals surface area contributed by atoms with E-state index in [1.165, 1.54) is 0 Å². The summed E-state index contributed by atoms with van der Waals surface area (Å²) in [5.41, 5.74) is 0.940. The molecule has 1 N–H and O–H groups in total. The second kappa shape index (κ2) is 6.81. The van der Waals surface area contributed by atoms with Gasteiger partial charge in [-0.1, -0.05) is 11.6 Å². The average molecular weight is 313 g/mol. The minimum Gasteiger partial charge on any atom is -0.493 e. The van der Waals surface area contributed by atoms with Gasteiger partial charge in [0.2, 0.25) is 0 Å². The predicted molar refractivity (Wildman–Crippen MR) is 83.2 cm³/mol. The molecule has 4 nitrogen and oxygen atoms in total. The number of rotatable bonds is 6. The van der Waals surface area contributed by atoms with Gasteiger partial charge in [-0.3, -0.25) is 0 Å². The number of hydrogen-bond acceptors (Lipinski definition) is 5. The van der Waals surface area contributed by atoms with Crippen molar-refractivity contribution in [3.05, 3.63) is 34.3 Å². The molecule has 0 aliphatic carbocycles. The van der Waals surface area contributed by atoms with E-state index in [-0.39, 0.29) is 6.10 Å². The summed E-state index contributed by atoms with van der Waals surface area (Å²) in [6.45, 7) is 4.52. The van der Waals surface area contributed by atoms with Crippen molar-refractivity contribution < 1.29 is 9.47 Å². The first-order valence-corrected chi connectivity index (χ1v) is 7.52. The Balaban J connectivity index is 2.16. The fourth-order valence-corrected chi connectivity index (χ4v) is 2.45. The van der Waals surface area contributed by atoms with E-state index >= 15 is 0 Å². The van der Waals surface area contributed by atoms with E-state index in [1.807, 2.05) is 25.3 Å². The average Bonchev–Trinajstić information content (AvgIpc) is 2.90. The first kappa shape index (κ1) is 14.9. The summed E-state index contributed by atoms with van der Waals surface area (Å²) in [6, 6.07) is 3.68. The third kappa shape index (κ3) is 3.77. The minimum atomic E-state index is 0.0688. The van der Waals surface area contributed by atoms with Crippen LogP contribution in [0, 0.1) is 0 Å². The summed E-state index contributed by atoms with van der Waals surface area (Å²) in [4.78, 5) is 4.17. The van der Waals surface area contributed by atoms with Crippen molar-refractivity contribution >= 4 is 28.1 Å². The highest BCUT2D eigenvalue weighted by molar-refractivity contribution is 7.13. The summed E-state index contributed by atoms with van der Waals surface area (Å²) in [6.07, 6.45) is 1.83. The third-order valence-electron chi connectivity index (χ3n) is 2.56. The largest absolute Gasteiger partial charge is 0.493 e. The molecule has 1 heterocycles. The smallest absolute Gasteiger partial charge is 0.182 e. The van der Waals surface area contributed by atoms with Crippen LogP contribution in [-0.2, 0) is 6.54 Å². The highest BCUT2D eigenvalue weighted by atomic mass is 35.5. The zero-order chi connectivity index (χ0) is 14.5. The van der Waals surface area contributed by atoms with Gasteiger partial charge >= 0.3 is 0 Å². The summed E-state index contributed by atoms with van der Waals surface area (Å²) in [5, 5.41) is 6.65. The van der Waals surface area contributed by atoms with Gasteiger partial charge in [-0.15, -0.1) is 11.3 Å². The predicted octanol–water partition coefficient (Wildman–Crippen LogP) is 4.20. The minimum absolute atomic E-state index is 0.0688. The number of thiazole rings is 1. The van der Waals surface area contributed by atoms with Crippen molar-refractivity contribution in [2.75, 3.05) is 12.4 Å². The van der Waals surface area contributed by atoms with Crippen LogP contribution < -0.4 is 14.8 Å². The molecule has 0 atom stereocenters. The lowest BCUT2D eigenvalue weighted by Gasteiger charge is -2.16. The van der Waals surface area contributed by atoms with Crippen LogP contribution in [0.1, 0.15) is 19.4 Å². The van der Waals surface area contributed by atoms with Crippen molar-refractivity contribution in [1.82, 2.24) is 4.98 Å². The first-order chi connectivity index (χ1) is 9.60. The molecule has 20 heavy (non-hydrogen) atoms. The summed E-state index contributed by atoms with van der Waals surface area (Å²) >= 11 is 7.84. The van der Waals surface area contributed by atoms with Crippen molar-refractivity contribution in [3.63, 3.8) is 0 Å². The third-order valence-corrected chi connectivity index (χ3v) is 3.64. The fraction of sp³-hybridized carbons (Fsp3) is 0.357. The van der Waals surface area contributed by atoms with Crippen LogP contribution in [0.25, 0.3) is 0 Å². The first-order valence-electron chi connectivity index (χ1n) is 6.26. The number of ether oxygens (including phenoxy) is 2. The second-order valence-electron chi connectivity index (χ2n) is 4.45. The van der Waals surface area contributed by atoms with Gasteiger partial charge in [-0.2, -0.15) is 0 Å². The molecule has 1 aromatic heterocycles. The van der Waals surface area contributed by atoms with Crippen LogP contribution >= 0.6 is 22.9 Å². The van der Waals surface area contributed by atoms with Crippen LogP contribution in [0.4, 0.5) is 5.13 Å². The highest BCUT2D eigenvalue weighted by Gasteiger charge is 2.12. The maximum atomic E-state index is 6.29. The molecule has 6 heteroatoms. The maximum absolute atomic E-state index is 6.29.